The third-order valence-corrected chi connectivity index (χ3v) is 2.12. The summed E-state index contributed by atoms with van der Waals surface area (Å²) in [5.74, 6) is 1.83. The van der Waals surface area contributed by atoms with E-state index in [-0.39, 0.29) is 12.5 Å². The van der Waals surface area contributed by atoms with Gasteiger partial charge in [0.05, 0.1) is 6.54 Å². The number of rotatable bonds is 4. The summed E-state index contributed by atoms with van der Waals surface area (Å²) < 4.78 is 0. The highest BCUT2D eigenvalue weighted by Crippen LogP contribution is 2.18. The molecule has 1 heterocycles. The van der Waals surface area contributed by atoms with E-state index in [0.29, 0.717) is 18.2 Å². The predicted octanol–water partition coefficient (Wildman–Crippen LogP) is -0.127. The molecule has 6 heteroatoms. The molecule has 0 aliphatic heterocycles. The van der Waals surface area contributed by atoms with Gasteiger partial charge in [0.2, 0.25) is 5.91 Å². The zero-order chi connectivity index (χ0) is 11.4. The van der Waals surface area contributed by atoms with Crippen LogP contribution in [0.4, 0.5) is 11.6 Å². The topological polar surface area (TPSA) is 87.0 Å². The van der Waals surface area contributed by atoms with Crippen LogP contribution in [-0.4, -0.2) is 36.0 Å². The molecule has 84 valence electrons. The number of carbonyl (C=O) groups is 1. The maximum atomic E-state index is 11.2. The first-order chi connectivity index (χ1) is 7.08. The number of carbonyl (C=O) groups excluding carboxylic acids is 1. The largest absolute Gasteiger partial charge is 0.382 e. The molecule has 0 unspecified atom stereocenters. The van der Waals surface area contributed by atoms with Gasteiger partial charge in [-0.3, -0.25) is 4.79 Å². The molecule has 0 spiro atoms. The highest BCUT2D eigenvalue weighted by atomic mass is 16.1. The Morgan fingerprint density at radius 2 is 2.33 bits per heavy atom. The number of nitrogens with zero attached hydrogens (tertiary/aromatic N) is 2. The van der Waals surface area contributed by atoms with Crippen LogP contribution in [0.1, 0.15) is 12.7 Å². The van der Waals surface area contributed by atoms with Crippen LogP contribution >= 0.6 is 0 Å². The number of imidazole rings is 1. The Morgan fingerprint density at radius 3 is 2.73 bits per heavy atom. The van der Waals surface area contributed by atoms with Gasteiger partial charge in [0.25, 0.3) is 0 Å². The van der Waals surface area contributed by atoms with Gasteiger partial charge in [-0.05, 0) is 13.8 Å². The van der Waals surface area contributed by atoms with Crippen LogP contribution in [0, 0.1) is 6.92 Å². The van der Waals surface area contributed by atoms with Crippen molar-refractivity contribution in [2.24, 2.45) is 0 Å². The minimum atomic E-state index is -0.0584. The molecule has 0 bridgehead atoms. The molecular weight excluding hydrogens is 194 g/mol. The fourth-order valence-corrected chi connectivity index (χ4v) is 1.33. The van der Waals surface area contributed by atoms with Crippen molar-refractivity contribution >= 4 is 17.5 Å². The summed E-state index contributed by atoms with van der Waals surface area (Å²) >= 11 is 0. The average molecular weight is 211 g/mol. The van der Waals surface area contributed by atoms with Crippen LogP contribution in [0.5, 0.6) is 0 Å². The number of nitrogens with one attached hydrogen (secondary N) is 2. The number of aromatic nitrogens is 2. The Kier molecular flexibility index (Phi) is 3.54. The molecule has 1 aromatic rings. The molecule has 0 fully saturated rings. The van der Waals surface area contributed by atoms with E-state index >= 15 is 0 Å². The molecule has 0 saturated carbocycles. The van der Waals surface area contributed by atoms with Gasteiger partial charge in [-0.1, -0.05) is 0 Å². The van der Waals surface area contributed by atoms with Gasteiger partial charge in [0.1, 0.15) is 11.6 Å². The van der Waals surface area contributed by atoms with Gasteiger partial charge < -0.3 is 20.9 Å². The van der Waals surface area contributed by atoms with Crippen LogP contribution in [0.2, 0.25) is 0 Å². The van der Waals surface area contributed by atoms with Gasteiger partial charge in [-0.25, -0.2) is 4.98 Å². The maximum absolute atomic E-state index is 11.2. The van der Waals surface area contributed by atoms with Crippen molar-refractivity contribution in [2.75, 3.05) is 30.8 Å². The number of amides is 1. The van der Waals surface area contributed by atoms with E-state index in [1.807, 2.05) is 18.7 Å². The van der Waals surface area contributed by atoms with Gasteiger partial charge in [-0.15, -0.1) is 0 Å². The van der Waals surface area contributed by atoms with E-state index in [1.165, 1.54) is 0 Å². The lowest BCUT2D eigenvalue weighted by Crippen LogP contribution is -2.36. The molecule has 0 atom stereocenters. The monoisotopic (exact) mass is 211 g/mol. The highest BCUT2D eigenvalue weighted by Gasteiger charge is 2.14. The Bertz CT molecular complexity index is 346. The molecule has 6 nitrogen and oxygen atoms in total. The van der Waals surface area contributed by atoms with E-state index in [1.54, 1.807) is 7.05 Å². The van der Waals surface area contributed by atoms with Crippen molar-refractivity contribution < 1.29 is 4.79 Å². The fraction of sp³-hybridized carbons (Fsp3) is 0.556. The zero-order valence-electron chi connectivity index (χ0n) is 9.29. The second kappa shape index (κ2) is 4.68. The molecule has 0 aromatic carbocycles. The zero-order valence-corrected chi connectivity index (χ0v) is 9.29. The number of H-pyrrole nitrogens is 1. The van der Waals surface area contributed by atoms with Crippen molar-refractivity contribution in [3.05, 3.63) is 5.82 Å². The van der Waals surface area contributed by atoms with Gasteiger partial charge in [0.15, 0.2) is 5.82 Å². The molecule has 0 saturated heterocycles. The summed E-state index contributed by atoms with van der Waals surface area (Å²) in [6, 6.07) is 0. The molecule has 4 N–H and O–H groups in total. The molecule has 0 aliphatic carbocycles. The normalized spacial score (nSPS) is 10.1. The molecule has 15 heavy (non-hydrogen) atoms. The summed E-state index contributed by atoms with van der Waals surface area (Å²) in [7, 11) is 1.61. The second-order valence-corrected chi connectivity index (χ2v) is 3.25. The van der Waals surface area contributed by atoms with E-state index in [9.17, 15) is 4.79 Å². The quantitative estimate of drug-likeness (QED) is 0.647. The minimum Gasteiger partial charge on any atom is -0.382 e. The Balaban J connectivity index is 2.82. The lowest BCUT2D eigenvalue weighted by atomic mass is 10.4. The van der Waals surface area contributed by atoms with Crippen molar-refractivity contribution in [1.29, 1.82) is 0 Å². The SMILES string of the molecule is CCN(CC(=O)NC)c1nc(C)[nH]c1N. The van der Waals surface area contributed by atoms with Crippen LogP contribution in [-0.2, 0) is 4.79 Å². The third-order valence-electron chi connectivity index (χ3n) is 2.12. The lowest BCUT2D eigenvalue weighted by molar-refractivity contribution is -0.119. The number of nitrogen functional groups attached to an aromatic ring is 1. The number of aryl methyl sites for hydroxylation is 1. The second-order valence-electron chi connectivity index (χ2n) is 3.25. The van der Waals surface area contributed by atoms with Crippen molar-refractivity contribution in [1.82, 2.24) is 15.3 Å². The first-order valence-electron chi connectivity index (χ1n) is 4.86. The number of anilines is 2. The molecular formula is C9H17N5O. The van der Waals surface area contributed by atoms with E-state index in [4.69, 9.17) is 5.73 Å². The van der Waals surface area contributed by atoms with Crippen LogP contribution in [0.3, 0.4) is 0 Å². The summed E-state index contributed by atoms with van der Waals surface area (Å²) in [5.41, 5.74) is 5.74. The number of nitrogens with two attached hydrogens (primary N) is 1. The smallest absolute Gasteiger partial charge is 0.239 e. The number of aromatic amines is 1. The number of hydrogen-bond donors (Lipinski definition) is 3. The molecule has 1 aromatic heterocycles. The van der Waals surface area contributed by atoms with Gasteiger partial charge in [0, 0.05) is 13.6 Å². The summed E-state index contributed by atoms with van der Waals surface area (Å²) in [4.78, 5) is 20.2. The summed E-state index contributed by atoms with van der Waals surface area (Å²) in [5, 5.41) is 2.57. The first-order valence-corrected chi connectivity index (χ1v) is 4.86. The summed E-state index contributed by atoms with van der Waals surface area (Å²) in [6.45, 7) is 4.73. The van der Waals surface area contributed by atoms with Crippen molar-refractivity contribution in [3.8, 4) is 0 Å². The van der Waals surface area contributed by atoms with Crippen LogP contribution in [0.15, 0.2) is 0 Å². The molecule has 1 amide bonds. The molecule has 1 rings (SSSR count). The van der Waals surface area contributed by atoms with Gasteiger partial charge >= 0.3 is 0 Å². The van der Waals surface area contributed by atoms with Crippen LogP contribution < -0.4 is 16.0 Å². The van der Waals surface area contributed by atoms with Gasteiger partial charge in [-0.2, -0.15) is 0 Å². The Hall–Kier alpha value is -1.72. The Labute approximate surface area is 88.9 Å². The van der Waals surface area contributed by atoms with E-state index in [0.717, 1.165) is 5.82 Å². The summed E-state index contributed by atoms with van der Waals surface area (Å²) in [6.07, 6.45) is 0. The van der Waals surface area contributed by atoms with E-state index < -0.39 is 0 Å². The fourth-order valence-electron chi connectivity index (χ4n) is 1.33. The average Bonchev–Trinajstić information content (AvgIpc) is 2.54. The highest BCUT2D eigenvalue weighted by molar-refractivity contribution is 5.81. The van der Waals surface area contributed by atoms with Crippen LogP contribution in [0.25, 0.3) is 0 Å². The molecule has 0 aliphatic rings. The van der Waals surface area contributed by atoms with E-state index in [2.05, 4.69) is 15.3 Å². The maximum Gasteiger partial charge on any atom is 0.239 e. The van der Waals surface area contributed by atoms with Crippen molar-refractivity contribution in [2.45, 2.75) is 13.8 Å². The van der Waals surface area contributed by atoms with Crippen molar-refractivity contribution in [3.63, 3.8) is 0 Å². The lowest BCUT2D eigenvalue weighted by Gasteiger charge is -2.19. The number of hydrogen-bond acceptors (Lipinski definition) is 4. The minimum absolute atomic E-state index is 0.0584. The third kappa shape index (κ3) is 2.61. The predicted molar refractivity (Wildman–Crippen MR) is 59.7 cm³/mol. The molecule has 0 radical (unpaired) electrons. The first kappa shape index (κ1) is 11.4. The standard InChI is InChI=1S/C9H17N5O/c1-4-14(5-7(15)11-3)9-8(10)12-6(2)13-9/h4-5,10H2,1-3H3,(H,11,15)(H,12,13). The number of likely N-dealkylation sites (N-methyl/N-ethyl adjacent to an activating group) is 2. The Morgan fingerprint density at radius 1 is 1.67 bits per heavy atom.